The number of para-hydroxylation sites is 1. The Balaban J connectivity index is 1.49. The van der Waals surface area contributed by atoms with E-state index in [-0.39, 0.29) is 5.54 Å². The van der Waals surface area contributed by atoms with Crippen LogP contribution in [0.5, 0.6) is 0 Å². The molecule has 1 saturated heterocycles. The molecule has 152 valence electrons. The fourth-order valence-electron chi connectivity index (χ4n) is 5.71. The zero-order chi connectivity index (χ0) is 20.0. The minimum Gasteiger partial charge on any atom is -0.371 e. The average Bonchev–Trinajstić information content (AvgIpc) is 3.53. The third kappa shape index (κ3) is 3.21. The first kappa shape index (κ1) is 18.9. The molecule has 1 unspecified atom stereocenters. The van der Waals surface area contributed by atoms with Crippen LogP contribution in [-0.2, 0) is 16.8 Å². The molecule has 0 spiro atoms. The lowest BCUT2D eigenvalue weighted by Crippen LogP contribution is -2.44. The fourth-order valence-corrected chi connectivity index (χ4v) is 5.71. The summed E-state index contributed by atoms with van der Waals surface area (Å²) < 4.78 is 8.19. The molecule has 29 heavy (non-hydrogen) atoms. The zero-order valence-corrected chi connectivity index (χ0v) is 17.9. The third-order valence-corrected chi connectivity index (χ3v) is 7.43. The molecule has 1 aliphatic heterocycles. The normalized spacial score (nSPS) is 26.9. The zero-order valence-electron chi connectivity index (χ0n) is 17.9. The van der Waals surface area contributed by atoms with Crippen molar-refractivity contribution in [3.8, 4) is 0 Å². The van der Waals surface area contributed by atoms with Crippen LogP contribution >= 0.6 is 0 Å². The van der Waals surface area contributed by atoms with Gasteiger partial charge in [0.15, 0.2) is 0 Å². The van der Waals surface area contributed by atoms with Crippen LogP contribution in [0, 0.1) is 6.92 Å². The second-order valence-electron chi connectivity index (χ2n) is 9.16. The van der Waals surface area contributed by atoms with Gasteiger partial charge in [-0.05, 0) is 69.8 Å². The number of ether oxygens (including phenoxy) is 1. The van der Waals surface area contributed by atoms with Crippen LogP contribution in [0.4, 0.5) is 0 Å². The van der Waals surface area contributed by atoms with Crippen LogP contribution in [0.25, 0.3) is 10.9 Å². The van der Waals surface area contributed by atoms with Crippen LogP contribution in [0.2, 0.25) is 0 Å². The monoisotopic (exact) mass is 388 g/mol. The minimum absolute atomic E-state index is 0.155. The number of epoxide rings is 1. The van der Waals surface area contributed by atoms with Crippen molar-refractivity contribution in [3.05, 3.63) is 71.4 Å². The molecule has 0 N–H and O–H groups in total. The number of benzene rings is 2. The summed E-state index contributed by atoms with van der Waals surface area (Å²) in [6, 6.07) is 20.0. The Morgan fingerprint density at radius 3 is 2.31 bits per heavy atom. The van der Waals surface area contributed by atoms with Crippen molar-refractivity contribution in [2.75, 3.05) is 20.7 Å². The number of hydrogen-bond acceptors (Lipinski definition) is 2. The molecule has 0 amide bonds. The van der Waals surface area contributed by atoms with Crippen molar-refractivity contribution in [3.63, 3.8) is 0 Å². The van der Waals surface area contributed by atoms with Crippen molar-refractivity contribution in [1.29, 1.82) is 0 Å². The summed E-state index contributed by atoms with van der Waals surface area (Å²) in [4.78, 5) is 2.46. The summed E-state index contributed by atoms with van der Waals surface area (Å²) >= 11 is 0. The van der Waals surface area contributed by atoms with Gasteiger partial charge in [-0.2, -0.15) is 0 Å². The van der Waals surface area contributed by atoms with Crippen LogP contribution in [0.1, 0.15) is 48.4 Å². The number of fused-ring (bicyclic) bond motifs is 1. The van der Waals surface area contributed by atoms with Crippen LogP contribution in [0.15, 0.2) is 54.6 Å². The second kappa shape index (κ2) is 7.30. The maximum absolute atomic E-state index is 5.61. The lowest BCUT2D eigenvalue weighted by Gasteiger charge is -2.46. The van der Waals surface area contributed by atoms with E-state index in [1.54, 1.807) is 5.69 Å². The highest BCUT2D eigenvalue weighted by Crippen LogP contribution is 2.48. The van der Waals surface area contributed by atoms with Gasteiger partial charge in [0, 0.05) is 22.1 Å². The number of aryl methyl sites for hydroxylation is 1. The molecule has 0 bridgehead atoms. The van der Waals surface area contributed by atoms with Crippen LogP contribution in [-0.4, -0.2) is 36.3 Å². The lowest BCUT2D eigenvalue weighted by atomic mass is 9.71. The molecule has 0 radical (unpaired) electrons. The van der Waals surface area contributed by atoms with E-state index < -0.39 is 0 Å². The van der Waals surface area contributed by atoms with Gasteiger partial charge in [-0.25, -0.2) is 0 Å². The van der Waals surface area contributed by atoms with Gasteiger partial charge in [0.1, 0.15) is 0 Å². The van der Waals surface area contributed by atoms with Gasteiger partial charge >= 0.3 is 0 Å². The maximum atomic E-state index is 5.61. The Morgan fingerprint density at radius 1 is 1.00 bits per heavy atom. The molecule has 1 aromatic heterocycles. The van der Waals surface area contributed by atoms with Crippen molar-refractivity contribution in [2.45, 2.75) is 56.7 Å². The standard InChI is InChI=1S/C26H32N2O/c1-19-23-11-7-8-12-24(23)28(17-22-18-29-22)25(19)20-13-15-26(16-14-20,27(2)3)21-9-5-4-6-10-21/h4-12,20,22H,13-18H2,1-3H3. The predicted molar refractivity (Wildman–Crippen MR) is 119 cm³/mol. The van der Waals surface area contributed by atoms with E-state index in [1.807, 2.05) is 0 Å². The van der Waals surface area contributed by atoms with Gasteiger partial charge in [-0.3, -0.25) is 4.90 Å². The highest BCUT2D eigenvalue weighted by Gasteiger charge is 2.40. The maximum Gasteiger partial charge on any atom is 0.0988 e. The summed E-state index contributed by atoms with van der Waals surface area (Å²) in [5, 5.41) is 1.41. The van der Waals surface area contributed by atoms with Crippen molar-refractivity contribution >= 4 is 10.9 Å². The predicted octanol–water partition coefficient (Wildman–Crippen LogP) is 5.46. The summed E-state index contributed by atoms with van der Waals surface area (Å²) in [6.07, 6.45) is 5.27. The van der Waals surface area contributed by atoms with Crippen molar-refractivity contribution in [1.82, 2.24) is 9.47 Å². The molecular formula is C26H32N2O. The van der Waals surface area contributed by atoms with Gasteiger partial charge in [-0.1, -0.05) is 48.5 Å². The van der Waals surface area contributed by atoms with E-state index in [2.05, 4.69) is 85.1 Å². The Hall–Kier alpha value is -2.10. The van der Waals surface area contributed by atoms with Crippen LogP contribution in [0.3, 0.4) is 0 Å². The summed E-state index contributed by atoms with van der Waals surface area (Å²) in [7, 11) is 4.50. The van der Waals surface area contributed by atoms with E-state index in [1.165, 1.54) is 47.7 Å². The first-order valence-corrected chi connectivity index (χ1v) is 11.0. The summed E-state index contributed by atoms with van der Waals surface area (Å²) in [5.41, 5.74) is 6.03. The first-order valence-electron chi connectivity index (χ1n) is 11.0. The molecule has 3 aromatic rings. The van der Waals surface area contributed by atoms with Crippen molar-refractivity contribution in [2.24, 2.45) is 0 Å². The number of hydrogen-bond donors (Lipinski definition) is 0. The van der Waals surface area contributed by atoms with Gasteiger partial charge in [0.05, 0.1) is 19.3 Å². The van der Waals surface area contributed by atoms with E-state index >= 15 is 0 Å². The van der Waals surface area contributed by atoms with Gasteiger partial charge in [-0.15, -0.1) is 0 Å². The molecule has 1 aliphatic carbocycles. The molecule has 2 aromatic carbocycles. The molecule has 2 fully saturated rings. The second-order valence-corrected chi connectivity index (χ2v) is 9.16. The number of aromatic nitrogens is 1. The average molecular weight is 389 g/mol. The Labute approximate surface area is 174 Å². The Bertz CT molecular complexity index is 992. The number of rotatable bonds is 5. The first-order chi connectivity index (χ1) is 14.1. The topological polar surface area (TPSA) is 20.7 Å². The van der Waals surface area contributed by atoms with E-state index in [4.69, 9.17) is 4.74 Å². The Morgan fingerprint density at radius 2 is 1.66 bits per heavy atom. The van der Waals surface area contributed by atoms with Gasteiger partial charge in [0.25, 0.3) is 0 Å². The van der Waals surface area contributed by atoms with Gasteiger partial charge in [0.2, 0.25) is 0 Å². The van der Waals surface area contributed by atoms with Gasteiger partial charge < -0.3 is 9.30 Å². The number of nitrogens with zero attached hydrogens (tertiary/aromatic N) is 2. The van der Waals surface area contributed by atoms with Crippen LogP contribution < -0.4 is 0 Å². The molecule has 3 nitrogen and oxygen atoms in total. The van der Waals surface area contributed by atoms with E-state index in [0.29, 0.717) is 12.0 Å². The Kier molecular flexibility index (Phi) is 4.76. The van der Waals surface area contributed by atoms with E-state index in [9.17, 15) is 0 Å². The third-order valence-electron chi connectivity index (χ3n) is 7.43. The highest BCUT2D eigenvalue weighted by molar-refractivity contribution is 5.85. The quantitative estimate of drug-likeness (QED) is 0.541. The molecule has 5 rings (SSSR count). The highest BCUT2D eigenvalue weighted by atomic mass is 16.6. The van der Waals surface area contributed by atoms with E-state index in [0.717, 1.165) is 13.2 Å². The SMILES string of the molecule is Cc1c(C2CCC(c3ccccc3)(N(C)C)CC2)n(CC2CO2)c2ccccc12. The van der Waals surface area contributed by atoms with Crippen molar-refractivity contribution < 1.29 is 4.74 Å². The molecule has 1 atom stereocenters. The minimum atomic E-state index is 0.155. The smallest absolute Gasteiger partial charge is 0.0988 e. The molecule has 2 aliphatic rings. The lowest BCUT2D eigenvalue weighted by molar-refractivity contribution is 0.0897. The molecule has 3 heteroatoms. The fraction of sp³-hybridized carbons (Fsp3) is 0.462. The summed E-state index contributed by atoms with van der Waals surface area (Å²) in [5.74, 6) is 0.623. The molecule has 1 saturated carbocycles. The molecular weight excluding hydrogens is 356 g/mol. The summed E-state index contributed by atoms with van der Waals surface area (Å²) in [6.45, 7) is 4.23. The largest absolute Gasteiger partial charge is 0.371 e. The molecule has 2 heterocycles.